The Labute approximate surface area is 142 Å². The van der Waals surface area contributed by atoms with Gasteiger partial charge in [0.05, 0.1) is 6.20 Å². The average Bonchev–Trinajstić information content (AvgIpc) is 3.12. The number of hydrogen-bond acceptors (Lipinski definition) is 7. The lowest BCUT2D eigenvalue weighted by atomic mass is 9.90. The third-order valence-corrected chi connectivity index (χ3v) is 4.69. The molecule has 24 heavy (non-hydrogen) atoms. The van der Waals surface area contributed by atoms with E-state index in [0.29, 0.717) is 17.4 Å². The first-order valence-corrected chi connectivity index (χ1v) is 8.51. The quantitative estimate of drug-likeness (QED) is 0.805. The summed E-state index contributed by atoms with van der Waals surface area (Å²) in [7, 11) is 1.72. The summed E-state index contributed by atoms with van der Waals surface area (Å²) in [5.41, 5.74) is 0.107. The molecule has 3 heterocycles. The lowest BCUT2D eigenvalue weighted by molar-refractivity contribution is -0.0829. The van der Waals surface area contributed by atoms with Crippen LogP contribution in [0.4, 0.5) is 0 Å². The van der Waals surface area contributed by atoms with Gasteiger partial charge in [0, 0.05) is 32.6 Å². The monoisotopic (exact) mass is 331 g/mol. The van der Waals surface area contributed by atoms with Crippen molar-refractivity contribution >= 4 is 0 Å². The van der Waals surface area contributed by atoms with Gasteiger partial charge < -0.3 is 14.2 Å². The van der Waals surface area contributed by atoms with Crippen molar-refractivity contribution in [3.05, 3.63) is 24.5 Å². The first-order valence-electron chi connectivity index (χ1n) is 8.51. The van der Waals surface area contributed by atoms with Crippen LogP contribution in [0.5, 0.6) is 0 Å². The number of nitrogens with zero attached hydrogens (tertiary/aromatic N) is 5. The van der Waals surface area contributed by atoms with E-state index < -0.39 is 5.60 Å². The summed E-state index contributed by atoms with van der Waals surface area (Å²) in [6.07, 6.45) is 7.78. The highest BCUT2D eigenvalue weighted by Gasteiger charge is 2.41. The zero-order chi connectivity index (χ0) is 17.0. The Balaban J connectivity index is 1.70. The van der Waals surface area contributed by atoms with Crippen molar-refractivity contribution in [2.45, 2.75) is 38.7 Å². The molecule has 0 aromatic carbocycles. The molecule has 1 saturated heterocycles. The lowest BCUT2D eigenvalue weighted by Crippen LogP contribution is -2.44. The molecule has 3 rings (SSSR count). The minimum absolute atomic E-state index is 0.455. The molecule has 130 valence electrons. The van der Waals surface area contributed by atoms with Crippen molar-refractivity contribution < 1.29 is 9.26 Å². The Bertz CT molecular complexity index is 635. The first-order chi connectivity index (χ1) is 11.6. The van der Waals surface area contributed by atoms with Crippen LogP contribution in [0.2, 0.25) is 0 Å². The molecule has 0 radical (unpaired) electrons. The van der Waals surface area contributed by atoms with Crippen LogP contribution in [0, 0.1) is 5.92 Å². The molecule has 0 atom stereocenters. The molecule has 0 N–H and O–H groups in total. The molecule has 0 aliphatic carbocycles. The molecule has 2 aromatic rings. The van der Waals surface area contributed by atoms with Crippen LogP contribution in [0.1, 0.15) is 39.0 Å². The van der Waals surface area contributed by atoms with E-state index in [-0.39, 0.29) is 0 Å². The molecule has 7 nitrogen and oxygen atoms in total. The Hall–Kier alpha value is -1.86. The molecular weight excluding hydrogens is 306 g/mol. The molecule has 2 aromatic heterocycles. The summed E-state index contributed by atoms with van der Waals surface area (Å²) >= 11 is 0. The van der Waals surface area contributed by atoms with Gasteiger partial charge in [0.2, 0.25) is 5.82 Å². The van der Waals surface area contributed by atoms with Crippen LogP contribution in [0.25, 0.3) is 11.5 Å². The number of aromatic nitrogens is 4. The summed E-state index contributed by atoms with van der Waals surface area (Å²) in [5, 5.41) is 4.05. The maximum atomic E-state index is 5.83. The molecule has 7 heteroatoms. The van der Waals surface area contributed by atoms with Crippen LogP contribution in [-0.4, -0.2) is 51.8 Å². The van der Waals surface area contributed by atoms with E-state index in [1.165, 1.54) is 6.42 Å². The van der Waals surface area contributed by atoms with Crippen molar-refractivity contribution in [3.63, 3.8) is 0 Å². The van der Waals surface area contributed by atoms with Gasteiger partial charge in [-0.25, -0.2) is 4.98 Å². The number of likely N-dealkylation sites (tertiary alicyclic amines) is 1. The fourth-order valence-corrected chi connectivity index (χ4v) is 3.01. The van der Waals surface area contributed by atoms with E-state index in [1.807, 2.05) is 0 Å². The van der Waals surface area contributed by atoms with Crippen LogP contribution in [-0.2, 0) is 10.3 Å². The van der Waals surface area contributed by atoms with E-state index in [2.05, 4.69) is 38.9 Å². The molecule has 0 bridgehead atoms. The number of methoxy groups -OCH3 is 1. The van der Waals surface area contributed by atoms with Crippen LogP contribution in [0.15, 0.2) is 23.1 Å². The van der Waals surface area contributed by atoms with Gasteiger partial charge >= 0.3 is 0 Å². The van der Waals surface area contributed by atoms with E-state index in [1.54, 1.807) is 25.7 Å². The zero-order valence-corrected chi connectivity index (χ0v) is 14.6. The van der Waals surface area contributed by atoms with E-state index >= 15 is 0 Å². The van der Waals surface area contributed by atoms with Gasteiger partial charge in [-0.05, 0) is 31.7 Å². The lowest BCUT2D eigenvalue weighted by Gasteiger charge is -2.38. The first kappa shape index (κ1) is 17.0. The van der Waals surface area contributed by atoms with Gasteiger partial charge in [0.15, 0.2) is 0 Å². The van der Waals surface area contributed by atoms with Gasteiger partial charge in [0.25, 0.3) is 5.89 Å². The second-order valence-corrected chi connectivity index (χ2v) is 6.74. The third kappa shape index (κ3) is 3.62. The van der Waals surface area contributed by atoms with E-state index in [4.69, 9.17) is 9.26 Å². The summed E-state index contributed by atoms with van der Waals surface area (Å²) in [5.74, 6) is 1.72. The second-order valence-electron chi connectivity index (χ2n) is 6.74. The molecule has 1 aliphatic rings. The zero-order valence-electron chi connectivity index (χ0n) is 14.6. The number of rotatable bonds is 6. The highest BCUT2D eigenvalue weighted by molar-refractivity contribution is 5.45. The second kappa shape index (κ2) is 7.36. The SMILES string of the molecule is COC1(c2nc(-c3cnccn3)no2)CCN(CCC(C)C)CC1. The molecule has 1 fully saturated rings. The largest absolute Gasteiger partial charge is 0.368 e. The van der Waals surface area contributed by atoms with E-state index in [9.17, 15) is 0 Å². The smallest absolute Gasteiger partial charge is 0.259 e. The highest BCUT2D eigenvalue weighted by atomic mass is 16.5. The predicted octanol–water partition coefficient (Wildman–Crippen LogP) is 2.51. The van der Waals surface area contributed by atoms with Crippen molar-refractivity contribution in [3.8, 4) is 11.5 Å². The maximum Gasteiger partial charge on any atom is 0.259 e. The maximum absolute atomic E-state index is 5.83. The highest BCUT2D eigenvalue weighted by Crippen LogP contribution is 2.36. The predicted molar refractivity (Wildman–Crippen MR) is 89.1 cm³/mol. The summed E-state index contributed by atoms with van der Waals surface area (Å²) in [6, 6.07) is 0. The van der Waals surface area contributed by atoms with Crippen LogP contribution in [0.3, 0.4) is 0 Å². The van der Waals surface area contributed by atoms with Gasteiger partial charge in [-0.2, -0.15) is 4.98 Å². The average molecular weight is 331 g/mol. The minimum Gasteiger partial charge on any atom is -0.368 e. The summed E-state index contributed by atoms with van der Waals surface area (Å²) in [6.45, 7) is 7.60. The minimum atomic E-state index is -0.498. The molecule has 1 aliphatic heterocycles. The van der Waals surface area contributed by atoms with Crippen molar-refractivity contribution in [2.75, 3.05) is 26.7 Å². The van der Waals surface area contributed by atoms with Crippen molar-refractivity contribution in [1.29, 1.82) is 0 Å². The molecule has 0 spiro atoms. The summed E-state index contributed by atoms with van der Waals surface area (Å²) < 4.78 is 11.3. The number of piperidine rings is 1. The number of ether oxygens (including phenoxy) is 1. The Kier molecular flexibility index (Phi) is 5.20. The van der Waals surface area contributed by atoms with Gasteiger partial charge in [-0.3, -0.25) is 4.98 Å². The summed E-state index contributed by atoms with van der Waals surface area (Å²) in [4.78, 5) is 15.3. The van der Waals surface area contributed by atoms with Crippen molar-refractivity contribution in [2.24, 2.45) is 5.92 Å². The standard InChI is InChI=1S/C17H25N5O2/c1-13(2)4-9-22-10-5-17(23-3,6-11-22)16-20-15(21-24-16)14-12-18-7-8-19-14/h7-8,12-13H,4-6,9-11H2,1-3H3. The molecular formula is C17H25N5O2. The Morgan fingerprint density at radius 2 is 2.08 bits per heavy atom. The molecule has 0 saturated carbocycles. The van der Waals surface area contributed by atoms with Crippen molar-refractivity contribution in [1.82, 2.24) is 25.0 Å². The molecule has 0 unspecified atom stereocenters. The Morgan fingerprint density at radius 1 is 1.29 bits per heavy atom. The van der Waals surface area contributed by atoms with E-state index in [0.717, 1.165) is 38.4 Å². The van der Waals surface area contributed by atoms with Gasteiger partial charge in [0.1, 0.15) is 11.3 Å². The van der Waals surface area contributed by atoms with Gasteiger partial charge in [-0.1, -0.05) is 19.0 Å². The number of hydrogen-bond donors (Lipinski definition) is 0. The fourth-order valence-electron chi connectivity index (χ4n) is 3.01. The fraction of sp³-hybridized carbons (Fsp3) is 0.647. The topological polar surface area (TPSA) is 77.2 Å². The van der Waals surface area contributed by atoms with Gasteiger partial charge in [-0.15, -0.1) is 0 Å². The van der Waals surface area contributed by atoms with Crippen LogP contribution < -0.4 is 0 Å². The third-order valence-electron chi connectivity index (χ3n) is 4.69. The van der Waals surface area contributed by atoms with Crippen LogP contribution >= 0.6 is 0 Å². The molecule has 0 amide bonds. The normalized spacial score (nSPS) is 18.2. The Morgan fingerprint density at radius 3 is 2.71 bits per heavy atom.